The average molecular weight is 658 g/mol. The Hall–Kier alpha value is -2.84. The minimum Gasteiger partial charge on any atom is -0.491 e. The molecule has 3 aromatic rings. The second-order valence-corrected chi connectivity index (χ2v) is 15.9. The Morgan fingerprint density at radius 3 is 2.40 bits per heavy atom. The van der Waals surface area contributed by atoms with Crippen LogP contribution in [0, 0.1) is 0 Å². The van der Waals surface area contributed by atoms with E-state index in [1.54, 1.807) is 34.6 Å². The highest BCUT2D eigenvalue weighted by Gasteiger charge is 2.44. The van der Waals surface area contributed by atoms with Crippen molar-refractivity contribution in [3.05, 3.63) is 78.4 Å². The van der Waals surface area contributed by atoms with Gasteiger partial charge in [-0.3, -0.25) is 0 Å². The fourth-order valence-corrected chi connectivity index (χ4v) is 8.02. The molecule has 3 N–H and O–H groups in total. The number of ether oxygens (including phenoxy) is 2. The lowest BCUT2D eigenvalue weighted by Gasteiger charge is -2.38. The first-order valence-corrected chi connectivity index (χ1v) is 18.7. The van der Waals surface area contributed by atoms with Crippen molar-refractivity contribution in [3.63, 3.8) is 0 Å². The Labute approximate surface area is 266 Å². The molecule has 2 aliphatic heterocycles. The highest BCUT2D eigenvalue weighted by Crippen LogP contribution is 2.37. The van der Waals surface area contributed by atoms with Crippen LogP contribution in [0.25, 0.3) is 11.1 Å². The van der Waals surface area contributed by atoms with Gasteiger partial charge < -0.3 is 25.2 Å². The number of piperidine rings is 1. The van der Waals surface area contributed by atoms with Gasteiger partial charge in [0.2, 0.25) is 10.0 Å². The van der Waals surface area contributed by atoms with Gasteiger partial charge in [-0.15, -0.1) is 0 Å². The molecule has 0 aliphatic carbocycles. The smallest absolute Gasteiger partial charge is 0.243 e. The third kappa shape index (κ3) is 8.50. The minimum atomic E-state index is -3.66. The molecule has 2 heterocycles. The van der Waals surface area contributed by atoms with Crippen molar-refractivity contribution >= 4 is 19.9 Å². The summed E-state index contributed by atoms with van der Waals surface area (Å²) < 4.78 is 64.1. The number of nitrogens with zero attached hydrogens (tertiary/aromatic N) is 1. The number of rotatable bonds is 13. The second-order valence-electron chi connectivity index (χ2n) is 11.9. The van der Waals surface area contributed by atoms with E-state index in [1.165, 1.54) is 17.7 Å². The summed E-state index contributed by atoms with van der Waals surface area (Å²) in [5.74, 6) is 0.378. The van der Waals surface area contributed by atoms with Gasteiger partial charge in [0, 0.05) is 38.5 Å². The fraction of sp³-hybridized carbons (Fsp3) is 0.455. The summed E-state index contributed by atoms with van der Waals surface area (Å²) in [4.78, 5) is 0.452. The van der Waals surface area contributed by atoms with Crippen molar-refractivity contribution < 1.29 is 31.4 Å². The first-order valence-electron chi connectivity index (χ1n) is 15.4. The maximum Gasteiger partial charge on any atom is 0.243 e. The highest BCUT2D eigenvalue weighted by atomic mass is 32.2. The maximum atomic E-state index is 13.6. The molecule has 2 saturated heterocycles. The van der Waals surface area contributed by atoms with Gasteiger partial charge in [0.25, 0.3) is 0 Å². The summed E-state index contributed by atoms with van der Waals surface area (Å²) >= 11 is 0. The molecular weight excluding hydrogens is 615 g/mol. The van der Waals surface area contributed by atoms with Crippen LogP contribution in [0.3, 0.4) is 0 Å². The standard InChI is InChI=1S/C33H43N3O7S2/c1-3-34-21-25-10-12-26(13-11-25)27-6-4-9-32(18-27)45(40,41)36-16-14-33(15-17-36)20-28(23-43-33)35-22-29(37)24-42-30-7-5-8-31(19-30)44(2,38)39/h4-13,18-19,28-29,34-35,37H,3,14-17,20-24H2,1-2H3/t28?,29-/m0/s1. The molecule has 0 aromatic heterocycles. The largest absolute Gasteiger partial charge is 0.491 e. The van der Waals surface area contributed by atoms with Crippen molar-refractivity contribution in [2.45, 2.75) is 60.3 Å². The van der Waals surface area contributed by atoms with E-state index >= 15 is 0 Å². The van der Waals surface area contributed by atoms with Crippen molar-refractivity contribution in [2.24, 2.45) is 0 Å². The molecular formula is C33H43N3O7S2. The number of sulfone groups is 1. The summed E-state index contributed by atoms with van der Waals surface area (Å²) in [7, 11) is -7.01. The van der Waals surface area contributed by atoms with Gasteiger partial charge in [-0.25, -0.2) is 16.8 Å². The van der Waals surface area contributed by atoms with Crippen LogP contribution in [-0.4, -0.2) is 89.6 Å². The molecule has 0 radical (unpaired) electrons. The summed E-state index contributed by atoms with van der Waals surface area (Å²) in [5.41, 5.74) is 2.62. The highest BCUT2D eigenvalue weighted by molar-refractivity contribution is 7.90. The van der Waals surface area contributed by atoms with Crippen LogP contribution >= 0.6 is 0 Å². The monoisotopic (exact) mass is 657 g/mol. The Morgan fingerprint density at radius 2 is 1.69 bits per heavy atom. The van der Waals surface area contributed by atoms with E-state index in [0.717, 1.165) is 36.9 Å². The quantitative estimate of drug-likeness (QED) is 0.253. The van der Waals surface area contributed by atoms with Crippen LogP contribution in [0.15, 0.2) is 82.6 Å². The number of aliphatic hydroxyl groups is 1. The van der Waals surface area contributed by atoms with Crippen LogP contribution in [0.1, 0.15) is 31.7 Å². The van der Waals surface area contributed by atoms with Crippen LogP contribution in [-0.2, 0) is 31.1 Å². The second kappa shape index (κ2) is 14.3. The topological polar surface area (TPSA) is 134 Å². The Kier molecular flexibility index (Phi) is 10.6. The van der Waals surface area contributed by atoms with Gasteiger partial charge in [-0.05, 0) is 72.8 Å². The molecule has 5 rings (SSSR count). The van der Waals surface area contributed by atoms with E-state index in [-0.39, 0.29) is 24.1 Å². The average Bonchev–Trinajstić information content (AvgIpc) is 3.44. The number of sulfonamides is 1. The van der Waals surface area contributed by atoms with Gasteiger partial charge in [0.15, 0.2) is 9.84 Å². The molecule has 0 amide bonds. The predicted octanol–water partition coefficient (Wildman–Crippen LogP) is 3.21. The van der Waals surface area contributed by atoms with Crippen molar-refractivity contribution in [3.8, 4) is 16.9 Å². The Bertz CT molecular complexity index is 1660. The molecule has 12 heteroatoms. The van der Waals surface area contributed by atoms with E-state index < -0.39 is 31.6 Å². The Balaban J connectivity index is 1.10. The molecule has 244 valence electrons. The molecule has 0 bridgehead atoms. The first-order chi connectivity index (χ1) is 21.5. The van der Waals surface area contributed by atoms with Crippen LogP contribution in [0.5, 0.6) is 5.75 Å². The SMILES string of the molecule is CCNCc1ccc(-c2cccc(S(=O)(=O)N3CCC4(CC3)CC(NC[C@H](O)COc3cccc(S(C)(=O)=O)c3)CO4)c2)cc1. The van der Waals surface area contributed by atoms with Gasteiger partial charge in [-0.2, -0.15) is 4.31 Å². The number of benzene rings is 3. The summed E-state index contributed by atoms with van der Waals surface area (Å²) in [6.07, 6.45) is 2.25. The zero-order chi connectivity index (χ0) is 32.1. The third-order valence-electron chi connectivity index (χ3n) is 8.50. The van der Waals surface area contributed by atoms with Gasteiger partial charge >= 0.3 is 0 Å². The maximum absolute atomic E-state index is 13.6. The lowest BCUT2D eigenvalue weighted by atomic mass is 9.88. The number of nitrogens with one attached hydrogen (secondary N) is 2. The van der Waals surface area contributed by atoms with Gasteiger partial charge in [0.1, 0.15) is 18.5 Å². The molecule has 2 atom stereocenters. The van der Waals surface area contributed by atoms with Crippen LogP contribution < -0.4 is 15.4 Å². The number of hydrogen-bond acceptors (Lipinski definition) is 9. The lowest BCUT2D eigenvalue weighted by Crippen LogP contribution is -2.47. The van der Waals surface area contributed by atoms with Gasteiger partial charge in [0.05, 0.1) is 22.0 Å². The summed E-state index contributed by atoms with van der Waals surface area (Å²) in [6.45, 7) is 5.29. The van der Waals surface area contributed by atoms with E-state index in [4.69, 9.17) is 9.47 Å². The van der Waals surface area contributed by atoms with Crippen molar-refractivity contribution in [2.75, 3.05) is 45.6 Å². The van der Waals surface area contributed by atoms with Crippen LogP contribution in [0.2, 0.25) is 0 Å². The molecule has 3 aromatic carbocycles. The minimum absolute atomic E-state index is 0.00863. The first kappa shape index (κ1) is 33.5. The zero-order valence-corrected chi connectivity index (χ0v) is 27.4. The van der Waals surface area contributed by atoms with Crippen LogP contribution in [0.4, 0.5) is 0 Å². The molecule has 10 nitrogen and oxygen atoms in total. The van der Waals surface area contributed by atoms with Crippen molar-refractivity contribution in [1.82, 2.24) is 14.9 Å². The molecule has 45 heavy (non-hydrogen) atoms. The summed E-state index contributed by atoms with van der Waals surface area (Å²) in [6, 6.07) is 21.5. The zero-order valence-electron chi connectivity index (χ0n) is 25.8. The molecule has 1 unspecified atom stereocenters. The third-order valence-corrected chi connectivity index (χ3v) is 11.5. The van der Waals surface area contributed by atoms with Gasteiger partial charge in [-0.1, -0.05) is 49.4 Å². The summed E-state index contributed by atoms with van der Waals surface area (Å²) in [5, 5.41) is 17.1. The fourth-order valence-electron chi connectivity index (χ4n) is 5.88. The molecule has 1 spiro atoms. The number of hydrogen-bond donors (Lipinski definition) is 3. The molecule has 2 fully saturated rings. The van der Waals surface area contributed by atoms with E-state index in [2.05, 4.69) is 29.7 Å². The normalized spacial score (nSPS) is 19.5. The van der Waals surface area contributed by atoms with E-state index in [0.29, 0.717) is 43.2 Å². The van der Waals surface area contributed by atoms with Crippen molar-refractivity contribution in [1.29, 1.82) is 0 Å². The predicted molar refractivity (Wildman–Crippen MR) is 173 cm³/mol. The lowest BCUT2D eigenvalue weighted by molar-refractivity contribution is -0.0312. The molecule has 2 aliphatic rings. The number of aliphatic hydroxyl groups excluding tert-OH is 1. The molecule has 0 saturated carbocycles. The van der Waals surface area contributed by atoms with E-state index in [9.17, 15) is 21.9 Å². The Morgan fingerprint density at radius 1 is 0.978 bits per heavy atom. The van der Waals surface area contributed by atoms with E-state index in [1.807, 2.05) is 18.2 Å².